The van der Waals surface area contributed by atoms with Crippen molar-refractivity contribution < 1.29 is 28.7 Å². The van der Waals surface area contributed by atoms with Crippen molar-refractivity contribution in [3.8, 4) is 5.75 Å². The highest BCUT2D eigenvalue weighted by atomic mass is 16.8. The smallest absolute Gasteiger partial charge is 0.481 e. The fourth-order valence-corrected chi connectivity index (χ4v) is 3.61. The van der Waals surface area contributed by atoms with Gasteiger partial charge in [0, 0.05) is 29.9 Å². The van der Waals surface area contributed by atoms with Crippen molar-refractivity contribution in [2.45, 2.75) is 45.1 Å². The molecule has 10 heteroatoms. The van der Waals surface area contributed by atoms with Gasteiger partial charge >= 0.3 is 6.16 Å². The van der Waals surface area contributed by atoms with Gasteiger partial charge in [0.1, 0.15) is 5.75 Å². The number of amides is 2. The largest absolute Gasteiger partial charge is 0.532 e. The summed E-state index contributed by atoms with van der Waals surface area (Å²) in [4.78, 5) is 42.5. The van der Waals surface area contributed by atoms with E-state index in [1.54, 1.807) is 41.3 Å². The van der Waals surface area contributed by atoms with Crippen LogP contribution in [0.5, 0.6) is 5.75 Å². The minimum Gasteiger partial charge on any atom is -0.481 e. The summed E-state index contributed by atoms with van der Waals surface area (Å²) in [6, 6.07) is 13.7. The predicted molar refractivity (Wildman–Crippen MR) is 130 cm³/mol. The number of hydrogen-bond acceptors (Lipinski definition) is 7. The first-order valence-electron chi connectivity index (χ1n) is 11.5. The van der Waals surface area contributed by atoms with Crippen LogP contribution in [-0.2, 0) is 19.2 Å². The number of ether oxygens (including phenoxy) is 2. The zero-order valence-electron chi connectivity index (χ0n) is 19.8. The minimum absolute atomic E-state index is 0.117. The molecule has 2 amide bonds. The van der Waals surface area contributed by atoms with Crippen molar-refractivity contribution in [3.63, 3.8) is 0 Å². The van der Waals surface area contributed by atoms with Crippen molar-refractivity contribution >= 4 is 35.2 Å². The van der Waals surface area contributed by atoms with Gasteiger partial charge in [0.15, 0.2) is 11.9 Å². The lowest BCUT2D eigenvalue weighted by molar-refractivity contribution is -0.123. The Kier molecular flexibility index (Phi) is 9.05. The molecule has 1 heterocycles. The van der Waals surface area contributed by atoms with Gasteiger partial charge in [-0.05, 0) is 55.7 Å². The Labute approximate surface area is 204 Å². The van der Waals surface area contributed by atoms with Crippen LogP contribution < -0.4 is 20.4 Å². The Morgan fingerprint density at radius 2 is 1.91 bits per heavy atom. The van der Waals surface area contributed by atoms with Crippen molar-refractivity contribution in [1.29, 1.82) is 5.41 Å². The number of rotatable bonds is 8. The zero-order valence-corrected chi connectivity index (χ0v) is 19.8. The Morgan fingerprint density at radius 3 is 2.60 bits per heavy atom. The van der Waals surface area contributed by atoms with E-state index >= 15 is 0 Å². The summed E-state index contributed by atoms with van der Waals surface area (Å²) in [7, 11) is 1.16. The molecule has 0 bridgehead atoms. The molecule has 1 fully saturated rings. The van der Waals surface area contributed by atoms with Crippen molar-refractivity contribution in [1.82, 2.24) is 5.48 Å². The quantitative estimate of drug-likeness (QED) is 0.224. The molecule has 186 valence electrons. The lowest BCUT2D eigenvalue weighted by atomic mass is 10.1. The second kappa shape index (κ2) is 12.4. The van der Waals surface area contributed by atoms with Crippen LogP contribution >= 0.6 is 0 Å². The van der Waals surface area contributed by atoms with Gasteiger partial charge < -0.3 is 24.5 Å². The summed E-state index contributed by atoms with van der Waals surface area (Å²) in [5, 5.41) is 10.9. The lowest BCUT2D eigenvalue weighted by Crippen LogP contribution is -2.35. The van der Waals surface area contributed by atoms with Crippen molar-refractivity contribution in [3.05, 3.63) is 54.1 Å². The number of nitrogens with one attached hydrogen (secondary N) is 3. The number of piperidine rings is 1. The number of benzene rings is 2. The van der Waals surface area contributed by atoms with Crippen molar-refractivity contribution in [2.75, 3.05) is 23.9 Å². The van der Waals surface area contributed by atoms with E-state index in [0.717, 1.165) is 32.1 Å². The molecule has 3 rings (SSSR count). The normalized spacial score (nSPS) is 14.0. The molecule has 2 aromatic rings. The van der Waals surface area contributed by atoms with Crippen LogP contribution in [0.1, 0.15) is 44.6 Å². The van der Waals surface area contributed by atoms with Gasteiger partial charge in [0.05, 0.1) is 7.11 Å². The molecule has 0 saturated carbocycles. The molecular formula is C25H30N4O6. The van der Waals surface area contributed by atoms with Gasteiger partial charge in [0.2, 0.25) is 5.91 Å². The van der Waals surface area contributed by atoms with Gasteiger partial charge in [-0.15, -0.1) is 0 Å². The Balaban J connectivity index is 1.63. The number of carbonyl (C=O) groups is 3. The van der Waals surface area contributed by atoms with E-state index in [2.05, 4.69) is 20.4 Å². The minimum atomic E-state index is -0.975. The third-order valence-electron chi connectivity index (χ3n) is 5.42. The zero-order chi connectivity index (χ0) is 25.2. The first-order valence-corrected chi connectivity index (χ1v) is 11.5. The molecule has 1 atom stereocenters. The number of anilines is 2. The molecule has 1 saturated heterocycles. The fourth-order valence-electron chi connectivity index (χ4n) is 3.61. The topological polar surface area (TPSA) is 130 Å². The maximum atomic E-state index is 12.9. The Morgan fingerprint density at radius 1 is 1.14 bits per heavy atom. The molecule has 0 spiro atoms. The van der Waals surface area contributed by atoms with Gasteiger partial charge in [0.25, 0.3) is 5.91 Å². The van der Waals surface area contributed by atoms with Gasteiger partial charge in [-0.2, -0.15) is 5.48 Å². The predicted octanol–water partition coefficient (Wildman–Crippen LogP) is 4.00. The monoisotopic (exact) mass is 482 g/mol. The fraction of sp³-hybridized carbons (Fsp3) is 0.360. The first kappa shape index (κ1) is 25.5. The van der Waals surface area contributed by atoms with E-state index in [9.17, 15) is 14.4 Å². The summed E-state index contributed by atoms with van der Waals surface area (Å²) >= 11 is 0. The van der Waals surface area contributed by atoms with E-state index in [-0.39, 0.29) is 17.6 Å². The Bertz CT molecular complexity index is 1060. The maximum absolute atomic E-state index is 12.9. The standard InChI is InChI=1S/C25H30N4O6/c1-3-7-21(34-20-9-6-8-17(16-20)23(26)28-35-25(32)33-2)24(31)27-18-11-13-19(14-12-18)29-15-5-4-10-22(29)30/h6,8-9,11-14,16,21H,3-5,7,10,15H2,1-2H3,(H2,26,28)(H,27,31). The van der Waals surface area contributed by atoms with Gasteiger partial charge in [-0.1, -0.05) is 25.5 Å². The molecule has 0 aromatic heterocycles. The summed E-state index contributed by atoms with van der Waals surface area (Å²) in [5.41, 5.74) is 4.01. The highest BCUT2D eigenvalue weighted by Crippen LogP contribution is 2.23. The molecule has 10 nitrogen and oxygen atoms in total. The number of carbonyl (C=O) groups excluding carboxylic acids is 3. The van der Waals surface area contributed by atoms with E-state index in [4.69, 9.17) is 10.1 Å². The average Bonchev–Trinajstić information content (AvgIpc) is 2.87. The van der Waals surface area contributed by atoms with E-state index in [1.165, 1.54) is 0 Å². The molecule has 2 aromatic carbocycles. The summed E-state index contributed by atoms with van der Waals surface area (Å²) in [5.74, 6) is 0.0254. The number of methoxy groups -OCH3 is 1. The van der Waals surface area contributed by atoms with Crippen LogP contribution in [-0.4, -0.2) is 43.6 Å². The molecule has 0 aliphatic carbocycles. The second-order valence-electron chi connectivity index (χ2n) is 7.99. The molecule has 1 aliphatic heterocycles. The number of hydrogen-bond donors (Lipinski definition) is 3. The number of amidine groups is 1. The van der Waals surface area contributed by atoms with Crippen LogP contribution in [0.4, 0.5) is 16.2 Å². The van der Waals surface area contributed by atoms with E-state index < -0.39 is 12.3 Å². The summed E-state index contributed by atoms with van der Waals surface area (Å²) in [6.07, 6.45) is 1.93. The van der Waals surface area contributed by atoms with Gasteiger partial charge in [-0.25, -0.2) is 4.79 Å². The maximum Gasteiger partial charge on any atom is 0.532 e. The third-order valence-corrected chi connectivity index (χ3v) is 5.42. The lowest BCUT2D eigenvalue weighted by Gasteiger charge is -2.27. The molecule has 3 N–H and O–H groups in total. The van der Waals surface area contributed by atoms with Crippen LogP contribution in [0.3, 0.4) is 0 Å². The van der Waals surface area contributed by atoms with Crippen LogP contribution in [0, 0.1) is 5.41 Å². The summed E-state index contributed by atoms with van der Waals surface area (Å²) < 4.78 is 10.3. The molecule has 1 unspecified atom stereocenters. The molecule has 35 heavy (non-hydrogen) atoms. The second-order valence-corrected chi connectivity index (χ2v) is 7.99. The van der Waals surface area contributed by atoms with Crippen LogP contribution in [0.15, 0.2) is 48.5 Å². The van der Waals surface area contributed by atoms with E-state index in [1.807, 2.05) is 19.1 Å². The van der Waals surface area contributed by atoms with Crippen molar-refractivity contribution in [2.24, 2.45) is 0 Å². The third kappa shape index (κ3) is 7.20. The first-order chi connectivity index (χ1) is 16.9. The van der Waals surface area contributed by atoms with Crippen LogP contribution in [0.25, 0.3) is 0 Å². The number of nitrogens with zero attached hydrogens (tertiary/aromatic N) is 1. The van der Waals surface area contributed by atoms with Crippen LogP contribution in [0.2, 0.25) is 0 Å². The molecule has 0 radical (unpaired) electrons. The highest BCUT2D eigenvalue weighted by molar-refractivity contribution is 5.97. The summed E-state index contributed by atoms with van der Waals surface area (Å²) in [6.45, 7) is 2.66. The highest BCUT2D eigenvalue weighted by Gasteiger charge is 2.22. The Hall–Kier alpha value is -4.08. The molecular weight excluding hydrogens is 452 g/mol. The number of hydroxylamine groups is 1. The average molecular weight is 483 g/mol. The molecule has 1 aliphatic rings. The van der Waals surface area contributed by atoms with E-state index in [0.29, 0.717) is 36.4 Å². The van der Waals surface area contributed by atoms with Gasteiger partial charge in [-0.3, -0.25) is 15.0 Å². The SMILES string of the molecule is CCCC(Oc1cccc(C(=N)NOC(=O)OC)c1)C(=O)Nc1ccc(N2CCCCC2=O)cc1.